The standard InChI is InChI=1S/C14H19NO3/c1-2-3-4-9-18-13-10-11(5-7-12(13)15)6-8-14(16)17/h5-8,10H,2-4,9,15H2,1H3,(H,16,17). The monoisotopic (exact) mass is 249 g/mol. The van der Waals surface area contributed by atoms with E-state index in [2.05, 4.69) is 6.92 Å². The van der Waals surface area contributed by atoms with Crippen molar-refractivity contribution in [3.63, 3.8) is 0 Å². The van der Waals surface area contributed by atoms with Crippen LogP contribution in [0.25, 0.3) is 6.08 Å². The number of carbonyl (C=O) groups is 1. The number of carboxylic acids is 1. The number of benzene rings is 1. The molecule has 1 aromatic carbocycles. The van der Waals surface area contributed by atoms with Crippen LogP contribution in [0.2, 0.25) is 0 Å². The fourth-order valence-electron chi connectivity index (χ4n) is 1.48. The maximum absolute atomic E-state index is 10.4. The number of unbranched alkanes of at least 4 members (excludes halogenated alkanes) is 2. The Morgan fingerprint density at radius 1 is 1.44 bits per heavy atom. The first-order valence-corrected chi connectivity index (χ1v) is 6.07. The predicted octanol–water partition coefficient (Wildman–Crippen LogP) is 2.94. The molecule has 0 aliphatic heterocycles. The van der Waals surface area contributed by atoms with Gasteiger partial charge >= 0.3 is 5.97 Å². The van der Waals surface area contributed by atoms with Crippen LogP contribution >= 0.6 is 0 Å². The Balaban J connectivity index is 2.66. The van der Waals surface area contributed by atoms with E-state index in [1.807, 2.05) is 0 Å². The first-order chi connectivity index (χ1) is 8.63. The van der Waals surface area contributed by atoms with Gasteiger partial charge in [-0.3, -0.25) is 0 Å². The first kappa shape index (κ1) is 14.1. The lowest BCUT2D eigenvalue weighted by atomic mass is 10.1. The van der Waals surface area contributed by atoms with Crippen molar-refractivity contribution in [2.24, 2.45) is 0 Å². The molecule has 4 heteroatoms. The third-order valence-corrected chi connectivity index (χ3v) is 2.46. The Hall–Kier alpha value is -1.97. The molecule has 0 aliphatic carbocycles. The summed E-state index contributed by atoms with van der Waals surface area (Å²) in [5, 5.41) is 8.56. The molecule has 0 saturated carbocycles. The fraction of sp³-hybridized carbons (Fsp3) is 0.357. The van der Waals surface area contributed by atoms with Gasteiger partial charge in [-0.05, 0) is 30.2 Å². The third kappa shape index (κ3) is 4.91. The van der Waals surface area contributed by atoms with Gasteiger partial charge in [0.2, 0.25) is 0 Å². The molecule has 98 valence electrons. The van der Waals surface area contributed by atoms with E-state index in [1.165, 1.54) is 6.08 Å². The summed E-state index contributed by atoms with van der Waals surface area (Å²) in [5.74, 6) is -0.365. The molecule has 18 heavy (non-hydrogen) atoms. The molecule has 0 spiro atoms. The van der Waals surface area contributed by atoms with Crippen LogP contribution in [-0.4, -0.2) is 17.7 Å². The number of anilines is 1. The zero-order chi connectivity index (χ0) is 13.4. The fourth-order valence-corrected chi connectivity index (χ4v) is 1.48. The smallest absolute Gasteiger partial charge is 0.328 e. The summed E-state index contributed by atoms with van der Waals surface area (Å²) in [5.41, 5.74) is 7.12. The van der Waals surface area contributed by atoms with E-state index in [-0.39, 0.29) is 0 Å². The van der Waals surface area contributed by atoms with Gasteiger partial charge in [0.05, 0.1) is 12.3 Å². The van der Waals surface area contributed by atoms with Gasteiger partial charge in [-0.2, -0.15) is 0 Å². The SMILES string of the molecule is CCCCCOc1cc(C=CC(=O)O)ccc1N. The van der Waals surface area contributed by atoms with Crippen LogP contribution < -0.4 is 10.5 Å². The molecule has 0 heterocycles. The molecule has 0 unspecified atom stereocenters. The summed E-state index contributed by atoms with van der Waals surface area (Å²) >= 11 is 0. The highest BCUT2D eigenvalue weighted by Crippen LogP contribution is 2.23. The Morgan fingerprint density at radius 2 is 2.22 bits per heavy atom. The largest absolute Gasteiger partial charge is 0.491 e. The van der Waals surface area contributed by atoms with E-state index in [0.717, 1.165) is 30.9 Å². The van der Waals surface area contributed by atoms with Crippen molar-refractivity contribution in [1.29, 1.82) is 0 Å². The number of carboxylic acid groups (broad SMARTS) is 1. The molecule has 4 nitrogen and oxygen atoms in total. The Kier molecular flexibility index (Phi) is 5.77. The van der Waals surface area contributed by atoms with Crippen molar-refractivity contribution in [3.8, 4) is 5.75 Å². The Labute approximate surface area is 107 Å². The molecule has 1 rings (SSSR count). The van der Waals surface area contributed by atoms with Crippen LogP contribution in [0.3, 0.4) is 0 Å². The number of ether oxygens (including phenoxy) is 1. The van der Waals surface area contributed by atoms with Crippen molar-refractivity contribution in [2.45, 2.75) is 26.2 Å². The summed E-state index contributed by atoms with van der Waals surface area (Å²) in [7, 11) is 0. The van der Waals surface area contributed by atoms with Gasteiger partial charge in [-0.25, -0.2) is 4.79 Å². The van der Waals surface area contributed by atoms with Crippen LogP contribution in [0.5, 0.6) is 5.75 Å². The van der Waals surface area contributed by atoms with Crippen LogP contribution in [-0.2, 0) is 4.79 Å². The number of aliphatic carboxylic acids is 1. The molecule has 0 aromatic heterocycles. The van der Waals surface area contributed by atoms with Crippen LogP contribution in [0.4, 0.5) is 5.69 Å². The van der Waals surface area contributed by atoms with E-state index < -0.39 is 5.97 Å². The van der Waals surface area contributed by atoms with Gasteiger partial charge in [0.1, 0.15) is 5.75 Å². The van der Waals surface area contributed by atoms with Crippen molar-refractivity contribution >= 4 is 17.7 Å². The molecule has 0 bridgehead atoms. The van der Waals surface area contributed by atoms with Gasteiger partial charge in [0.25, 0.3) is 0 Å². The summed E-state index contributed by atoms with van der Waals surface area (Å²) in [6.45, 7) is 2.76. The maximum atomic E-state index is 10.4. The van der Waals surface area contributed by atoms with Gasteiger partial charge in [0, 0.05) is 6.08 Å². The van der Waals surface area contributed by atoms with Crippen molar-refractivity contribution in [2.75, 3.05) is 12.3 Å². The Bertz CT molecular complexity index is 427. The molecular formula is C14H19NO3. The molecule has 1 aromatic rings. The van der Waals surface area contributed by atoms with Gasteiger partial charge in [-0.1, -0.05) is 25.8 Å². The molecule has 3 N–H and O–H groups in total. The molecule has 0 saturated heterocycles. The van der Waals surface area contributed by atoms with Crippen LogP contribution in [0, 0.1) is 0 Å². The second-order valence-electron chi connectivity index (χ2n) is 4.02. The predicted molar refractivity (Wildman–Crippen MR) is 72.5 cm³/mol. The number of nitrogen functional groups attached to an aromatic ring is 1. The van der Waals surface area contributed by atoms with Crippen molar-refractivity contribution < 1.29 is 14.6 Å². The third-order valence-electron chi connectivity index (χ3n) is 2.46. The minimum atomic E-state index is -0.975. The molecule has 0 radical (unpaired) electrons. The van der Waals surface area contributed by atoms with Gasteiger partial charge in [0.15, 0.2) is 0 Å². The number of hydrogen-bond donors (Lipinski definition) is 2. The lowest BCUT2D eigenvalue weighted by Crippen LogP contribution is -2.00. The minimum Gasteiger partial charge on any atom is -0.491 e. The first-order valence-electron chi connectivity index (χ1n) is 6.07. The van der Waals surface area contributed by atoms with Crippen molar-refractivity contribution in [1.82, 2.24) is 0 Å². The van der Waals surface area contributed by atoms with Crippen molar-refractivity contribution in [3.05, 3.63) is 29.8 Å². The maximum Gasteiger partial charge on any atom is 0.328 e. The molecule has 0 fully saturated rings. The number of hydrogen-bond acceptors (Lipinski definition) is 3. The second-order valence-corrected chi connectivity index (χ2v) is 4.02. The van der Waals surface area contributed by atoms with E-state index in [9.17, 15) is 4.79 Å². The summed E-state index contributed by atoms with van der Waals surface area (Å²) in [6, 6.07) is 5.23. The summed E-state index contributed by atoms with van der Waals surface area (Å²) in [6.07, 6.45) is 5.86. The molecule has 0 aliphatic rings. The highest BCUT2D eigenvalue weighted by molar-refractivity contribution is 5.85. The highest BCUT2D eigenvalue weighted by atomic mass is 16.5. The average Bonchev–Trinajstić information content (AvgIpc) is 2.35. The quantitative estimate of drug-likeness (QED) is 0.442. The zero-order valence-electron chi connectivity index (χ0n) is 10.6. The Morgan fingerprint density at radius 3 is 2.89 bits per heavy atom. The summed E-state index contributed by atoms with van der Waals surface area (Å²) in [4.78, 5) is 10.4. The molecule has 0 atom stereocenters. The molecule has 0 amide bonds. The van der Waals surface area contributed by atoms with E-state index >= 15 is 0 Å². The zero-order valence-corrected chi connectivity index (χ0v) is 10.6. The lowest BCUT2D eigenvalue weighted by molar-refractivity contribution is -0.131. The topological polar surface area (TPSA) is 72.5 Å². The van der Waals surface area contributed by atoms with E-state index in [1.54, 1.807) is 18.2 Å². The number of nitrogens with two attached hydrogens (primary N) is 1. The second kappa shape index (κ2) is 7.37. The summed E-state index contributed by atoms with van der Waals surface area (Å²) < 4.78 is 5.58. The minimum absolute atomic E-state index is 0.568. The van der Waals surface area contributed by atoms with E-state index in [0.29, 0.717) is 18.0 Å². The average molecular weight is 249 g/mol. The normalized spacial score (nSPS) is 10.7. The number of rotatable bonds is 7. The van der Waals surface area contributed by atoms with E-state index in [4.69, 9.17) is 15.6 Å². The van der Waals surface area contributed by atoms with Crippen LogP contribution in [0.1, 0.15) is 31.7 Å². The van der Waals surface area contributed by atoms with Gasteiger partial charge in [-0.15, -0.1) is 0 Å². The molecular weight excluding hydrogens is 230 g/mol. The van der Waals surface area contributed by atoms with Crippen LogP contribution in [0.15, 0.2) is 24.3 Å². The van der Waals surface area contributed by atoms with Gasteiger partial charge < -0.3 is 15.6 Å². The lowest BCUT2D eigenvalue weighted by Gasteiger charge is -2.09. The highest BCUT2D eigenvalue weighted by Gasteiger charge is 2.01.